The van der Waals surface area contributed by atoms with Crippen LogP contribution in [0.3, 0.4) is 0 Å². The number of esters is 1. The van der Waals surface area contributed by atoms with E-state index in [4.69, 9.17) is 0 Å². The maximum Gasteiger partial charge on any atom is 0.317 e. The number of unbranched alkanes of at least 4 members (excludes halogenated alkanes) is 2. The van der Waals surface area contributed by atoms with Crippen LogP contribution in [-0.2, 0) is 9.53 Å². The number of methoxy groups -OCH3 is 1. The summed E-state index contributed by atoms with van der Waals surface area (Å²) in [5.41, 5.74) is 0. The normalized spacial score (nSPS) is 14.0. The Hall–Kier alpha value is -1.26. The van der Waals surface area contributed by atoms with Crippen molar-refractivity contribution in [3.8, 4) is 0 Å². The Morgan fingerprint density at radius 3 is 2.58 bits per heavy atom. The molecular formula is C14H26N2O3. The summed E-state index contributed by atoms with van der Waals surface area (Å²) in [6.45, 7) is 3.62. The molecule has 1 aliphatic rings. The van der Waals surface area contributed by atoms with Crippen molar-refractivity contribution in [2.75, 3.05) is 20.2 Å². The molecule has 0 aromatic carbocycles. The Bertz CT molecular complexity index is 290. The predicted octanol–water partition coefficient (Wildman–Crippen LogP) is 2.30. The second kappa shape index (κ2) is 8.77. The number of hydrogen-bond acceptors (Lipinski definition) is 3. The molecule has 1 saturated carbocycles. The van der Waals surface area contributed by atoms with Crippen molar-refractivity contribution in [2.45, 2.75) is 57.9 Å². The van der Waals surface area contributed by atoms with E-state index in [0.29, 0.717) is 19.0 Å². The monoisotopic (exact) mass is 270 g/mol. The highest BCUT2D eigenvalue weighted by Gasteiger charge is 2.31. The number of ether oxygens (including phenoxy) is 1. The summed E-state index contributed by atoms with van der Waals surface area (Å²) in [7, 11) is 1.39. The van der Waals surface area contributed by atoms with Gasteiger partial charge in [0.05, 0.1) is 7.11 Å². The van der Waals surface area contributed by atoms with Gasteiger partial charge in [-0.05, 0) is 32.1 Å². The molecule has 1 aliphatic carbocycles. The number of nitrogens with zero attached hydrogens (tertiary/aromatic N) is 1. The Labute approximate surface area is 115 Å². The molecule has 0 atom stereocenters. The van der Waals surface area contributed by atoms with Gasteiger partial charge in [0.25, 0.3) is 0 Å². The molecule has 0 saturated heterocycles. The topological polar surface area (TPSA) is 58.6 Å². The molecule has 0 spiro atoms. The molecule has 0 bridgehead atoms. The smallest absolute Gasteiger partial charge is 0.317 e. The molecule has 0 aliphatic heterocycles. The molecule has 0 aromatic rings. The van der Waals surface area contributed by atoms with Crippen LogP contribution in [0.4, 0.5) is 4.79 Å². The average molecular weight is 270 g/mol. The lowest BCUT2D eigenvalue weighted by Crippen LogP contribution is -2.42. The fourth-order valence-electron chi connectivity index (χ4n) is 1.96. The van der Waals surface area contributed by atoms with Crippen LogP contribution < -0.4 is 5.32 Å². The number of urea groups is 1. The highest BCUT2D eigenvalue weighted by molar-refractivity contribution is 5.74. The van der Waals surface area contributed by atoms with Crippen molar-refractivity contribution in [1.82, 2.24) is 10.2 Å². The van der Waals surface area contributed by atoms with Gasteiger partial charge in [0.15, 0.2) is 0 Å². The van der Waals surface area contributed by atoms with Crippen molar-refractivity contribution in [2.24, 2.45) is 0 Å². The van der Waals surface area contributed by atoms with E-state index in [1.54, 1.807) is 0 Å². The van der Waals surface area contributed by atoms with E-state index in [1.165, 1.54) is 7.11 Å². The number of carbonyl (C=O) groups is 2. The van der Waals surface area contributed by atoms with E-state index in [9.17, 15) is 9.59 Å². The van der Waals surface area contributed by atoms with E-state index in [1.807, 2.05) is 4.90 Å². The van der Waals surface area contributed by atoms with Crippen molar-refractivity contribution in [3.63, 3.8) is 0 Å². The number of hydrogen-bond donors (Lipinski definition) is 1. The number of rotatable bonds is 9. The molecule has 5 nitrogen and oxygen atoms in total. The summed E-state index contributed by atoms with van der Waals surface area (Å²) in [6, 6.07) is 0.510. The number of nitrogens with one attached hydrogen (secondary N) is 1. The first kappa shape index (κ1) is 15.8. The van der Waals surface area contributed by atoms with Gasteiger partial charge < -0.3 is 15.0 Å². The molecule has 1 rings (SSSR count). The highest BCUT2D eigenvalue weighted by atomic mass is 16.5. The van der Waals surface area contributed by atoms with E-state index in [0.717, 1.165) is 45.1 Å². The van der Waals surface area contributed by atoms with Crippen LogP contribution in [-0.4, -0.2) is 43.1 Å². The lowest BCUT2D eigenvalue weighted by molar-refractivity contribution is -0.140. The van der Waals surface area contributed by atoms with Crippen LogP contribution in [0, 0.1) is 0 Å². The third kappa shape index (κ3) is 6.45. The molecule has 1 N–H and O–H groups in total. The van der Waals surface area contributed by atoms with E-state index < -0.39 is 0 Å². The van der Waals surface area contributed by atoms with E-state index in [-0.39, 0.29) is 12.0 Å². The standard InChI is InChI=1S/C14H26N2O3/c1-3-4-11-16(12-8-9-12)14(18)15-10-6-5-7-13(17)19-2/h12H,3-11H2,1-2H3,(H,15,18). The molecule has 19 heavy (non-hydrogen) atoms. The summed E-state index contributed by atoms with van der Waals surface area (Å²) in [6.07, 6.45) is 6.44. The van der Waals surface area contributed by atoms with Gasteiger partial charge in [-0.15, -0.1) is 0 Å². The van der Waals surface area contributed by atoms with Crippen molar-refractivity contribution >= 4 is 12.0 Å². The van der Waals surface area contributed by atoms with Gasteiger partial charge in [-0.1, -0.05) is 13.3 Å². The van der Waals surface area contributed by atoms with E-state index >= 15 is 0 Å². The minimum Gasteiger partial charge on any atom is -0.469 e. The molecule has 0 radical (unpaired) electrons. The first-order chi connectivity index (χ1) is 9.19. The zero-order chi connectivity index (χ0) is 14.1. The average Bonchev–Trinajstić information content (AvgIpc) is 3.23. The molecule has 0 heterocycles. The fraction of sp³-hybridized carbons (Fsp3) is 0.857. The zero-order valence-electron chi connectivity index (χ0n) is 12.1. The third-order valence-corrected chi connectivity index (χ3v) is 3.31. The molecule has 110 valence electrons. The molecule has 0 aromatic heterocycles. The third-order valence-electron chi connectivity index (χ3n) is 3.31. The van der Waals surface area contributed by atoms with Gasteiger partial charge in [0, 0.05) is 25.6 Å². The van der Waals surface area contributed by atoms with Crippen LogP contribution in [0.15, 0.2) is 0 Å². The molecule has 2 amide bonds. The number of amides is 2. The first-order valence-corrected chi connectivity index (χ1v) is 7.30. The SMILES string of the molecule is CCCCN(C(=O)NCCCCC(=O)OC)C1CC1. The second-order valence-corrected chi connectivity index (χ2v) is 5.04. The summed E-state index contributed by atoms with van der Waals surface area (Å²) in [5.74, 6) is -0.186. The largest absolute Gasteiger partial charge is 0.469 e. The van der Waals surface area contributed by atoms with Gasteiger partial charge >= 0.3 is 12.0 Å². The van der Waals surface area contributed by atoms with Crippen LogP contribution in [0.1, 0.15) is 51.9 Å². The Morgan fingerprint density at radius 1 is 1.26 bits per heavy atom. The van der Waals surface area contributed by atoms with Crippen LogP contribution >= 0.6 is 0 Å². The van der Waals surface area contributed by atoms with Crippen molar-refractivity contribution < 1.29 is 14.3 Å². The van der Waals surface area contributed by atoms with Gasteiger partial charge in [0.2, 0.25) is 0 Å². The van der Waals surface area contributed by atoms with Gasteiger partial charge in [-0.25, -0.2) is 4.79 Å². The zero-order valence-corrected chi connectivity index (χ0v) is 12.1. The van der Waals surface area contributed by atoms with Gasteiger partial charge in [-0.2, -0.15) is 0 Å². The second-order valence-electron chi connectivity index (χ2n) is 5.04. The number of carbonyl (C=O) groups excluding carboxylic acids is 2. The van der Waals surface area contributed by atoms with Crippen LogP contribution in [0.5, 0.6) is 0 Å². The maximum absolute atomic E-state index is 12.0. The van der Waals surface area contributed by atoms with Gasteiger partial charge in [-0.3, -0.25) is 4.79 Å². The lowest BCUT2D eigenvalue weighted by atomic mass is 10.2. The quantitative estimate of drug-likeness (QED) is 0.516. The van der Waals surface area contributed by atoms with Crippen LogP contribution in [0.25, 0.3) is 0 Å². The summed E-state index contributed by atoms with van der Waals surface area (Å²) < 4.78 is 4.57. The maximum atomic E-state index is 12.0. The van der Waals surface area contributed by atoms with Crippen molar-refractivity contribution in [1.29, 1.82) is 0 Å². The van der Waals surface area contributed by atoms with E-state index in [2.05, 4.69) is 17.0 Å². The summed E-state index contributed by atoms with van der Waals surface area (Å²) in [4.78, 5) is 24.9. The molecule has 0 unspecified atom stereocenters. The Morgan fingerprint density at radius 2 is 2.00 bits per heavy atom. The highest BCUT2D eigenvalue weighted by Crippen LogP contribution is 2.27. The Kier molecular flexibility index (Phi) is 7.30. The first-order valence-electron chi connectivity index (χ1n) is 7.30. The predicted molar refractivity (Wildman–Crippen MR) is 73.9 cm³/mol. The summed E-state index contributed by atoms with van der Waals surface area (Å²) in [5, 5.41) is 2.94. The van der Waals surface area contributed by atoms with Crippen LogP contribution in [0.2, 0.25) is 0 Å². The minimum atomic E-state index is -0.186. The molecule has 5 heteroatoms. The molecule has 1 fully saturated rings. The Balaban J connectivity index is 2.12. The van der Waals surface area contributed by atoms with Crippen molar-refractivity contribution in [3.05, 3.63) is 0 Å². The summed E-state index contributed by atoms with van der Waals surface area (Å²) >= 11 is 0. The van der Waals surface area contributed by atoms with Gasteiger partial charge in [0.1, 0.15) is 0 Å². The minimum absolute atomic E-state index is 0.0500. The molecular weight excluding hydrogens is 244 g/mol. The fourth-order valence-corrected chi connectivity index (χ4v) is 1.96. The lowest BCUT2D eigenvalue weighted by Gasteiger charge is -2.22.